The second-order valence-corrected chi connectivity index (χ2v) is 12.8. The average molecular weight is 513 g/mol. The van der Waals surface area contributed by atoms with E-state index in [9.17, 15) is 9.90 Å². The van der Waals surface area contributed by atoms with Crippen molar-refractivity contribution in [1.82, 2.24) is 0 Å². The molecule has 1 aliphatic heterocycles. The number of amidine groups is 1. The molecule has 1 heterocycles. The molecule has 37 heavy (non-hydrogen) atoms. The van der Waals surface area contributed by atoms with E-state index in [-0.39, 0.29) is 16.7 Å². The maximum Gasteiger partial charge on any atom is 0.271 e. The Hall–Kier alpha value is -3.31. The number of hydrogen-bond acceptors (Lipinski definition) is 4. The molecular weight excluding hydrogens is 476 g/mol. The summed E-state index contributed by atoms with van der Waals surface area (Å²) in [5.74, 6) is 0.223. The Labute approximate surface area is 225 Å². The number of nitrogens with zero attached hydrogens (tertiary/aromatic N) is 2. The first-order chi connectivity index (χ1) is 17.2. The van der Waals surface area contributed by atoms with E-state index in [0.717, 1.165) is 39.2 Å². The van der Waals surface area contributed by atoms with Crippen LogP contribution in [0.5, 0.6) is 5.75 Å². The maximum atomic E-state index is 13.8. The topological polar surface area (TPSA) is 52.9 Å². The van der Waals surface area contributed by atoms with Crippen LogP contribution in [0.25, 0.3) is 6.08 Å². The molecule has 4 rings (SSSR count). The number of amides is 1. The maximum absolute atomic E-state index is 13.8. The van der Waals surface area contributed by atoms with Gasteiger partial charge in [-0.15, -0.1) is 0 Å². The number of thioether (sulfide) groups is 1. The molecule has 0 bridgehead atoms. The summed E-state index contributed by atoms with van der Waals surface area (Å²) in [7, 11) is 0. The molecule has 3 aromatic rings. The number of aromatic hydroxyl groups is 1. The molecule has 192 valence electrons. The van der Waals surface area contributed by atoms with Crippen molar-refractivity contribution in [3.63, 3.8) is 0 Å². The van der Waals surface area contributed by atoms with E-state index in [2.05, 4.69) is 41.5 Å². The number of carbonyl (C=O) groups is 1. The highest BCUT2D eigenvalue weighted by molar-refractivity contribution is 8.19. The fourth-order valence-electron chi connectivity index (χ4n) is 4.39. The Bertz CT molecular complexity index is 1390. The molecule has 4 nitrogen and oxygen atoms in total. The molecule has 0 spiro atoms. The summed E-state index contributed by atoms with van der Waals surface area (Å²) in [4.78, 5) is 21.0. The van der Waals surface area contributed by atoms with Crippen LogP contribution >= 0.6 is 11.8 Å². The van der Waals surface area contributed by atoms with Crippen LogP contribution in [0.15, 0.2) is 70.6 Å². The predicted octanol–water partition coefficient (Wildman–Crippen LogP) is 8.41. The van der Waals surface area contributed by atoms with Crippen LogP contribution in [0.1, 0.15) is 69.4 Å². The van der Waals surface area contributed by atoms with Crippen LogP contribution < -0.4 is 4.90 Å². The summed E-state index contributed by atoms with van der Waals surface area (Å²) in [5.41, 5.74) is 5.91. The fourth-order valence-corrected chi connectivity index (χ4v) is 5.39. The lowest BCUT2D eigenvalue weighted by atomic mass is 9.78. The van der Waals surface area contributed by atoms with Gasteiger partial charge in [-0.05, 0) is 95.6 Å². The summed E-state index contributed by atoms with van der Waals surface area (Å²) in [6.45, 7) is 16.6. The standard InChI is InChI=1S/C32H36N2O2S/c1-20-11-9-13-23(15-20)33-30-34(24-14-10-12-21(2)16-24)29(36)27(37-30)19-22-17-25(31(3,4)5)28(35)26(18-22)32(6,7)8/h9-19,35H,1-8H3/b27-19-,33-30?. The number of benzene rings is 3. The Kier molecular flexibility index (Phi) is 7.13. The largest absolute Gasteiger partial charge is 0.507 e. The van der Waals surface area contributed by atoms with Crippen molar-refractivity contribution in [3.8, 4) is 5.75 Å². The predicted molar refractivity (Wildman–Crippen MR) is 158 cm³/mol. The van der Waals surface area contributed by atoms with Crippen molar-refractivity contribution >= 4 is 40.3 Å². The Morgan fingerprint density at radius 1 is 0.838 bits per heavy atom. The van der Waals surface area contributed by atoms with Crippen molar-refractivity contribution in [2.24, 2.45) is 4.99 Å². The summed E-state index contributed by atoms with van der Waals surface area (Å²) in [6, 6.07) is 19.9. The molecule has 0 unspecified atom stereocenters. The molecule has 1 amide bonds. The lowest BCUT2D eigenvalue weighted by Gasteiger charge is -2.28. The van der Waals surface area contributed by atoms with E-state index in [1.807, 2.05) is 80.6 Å². The minimum Gasteiger partial charge on any atom is -0.507 e. The molecule has 1 aliphatic rings. The Morgan fingerprint density at radius 3 is 1.95 bits per heavy atom. The van der Waals surface area contributed by atoms with E-state index >= 15 is 0 Å². The zero-order chi connectivity index (χ0) is 27.1. The molecule has 0 aliphatic carbocycles. The van der Waals surface area contributed by atoms with Gasteiger partial charge >= 0.3 is 0 Å². The van der Waals surface area contributed by atoms with Gasteiger partial charge in [0.1, 0.15) is 5.75 Å². The van der Waals surface area contributed by atoms with Crippen LogP contribution in [-0.4, -0.2) is 16.2 Å². The first-order valence-corrected chi connectivity index (χ1v) is 13.4. The fraction of sp³-hybridized carbons (Fsp3) is 0.312. The van der Waals surface area contributed by atoms with Gasteiger partial charge in [0.05, 0.1) is 16.3 Å². The first-order valence-electron chi connectivity index (χ1n) is 12.6. The normalized spacial score (nSPS) is 16.8. The number of hydrogen-bond donors (Lipinski definition) is 1. The highest BCUT2D eigenvalue weighted by atomic mass is 32.2. The first kappa shape index (κ1) is 26.7. The number of aryl methyl sites for hydroxylation is 2. The second-order valence-electron chi connectivity index (χ2n) is 11.8. The van der Waals surface area contributed by atoms with E-state index in [0.29, 0.717) is 15.8 Å². The highest BCUT2D eigenvalue weighted by Gasteiger charge is 2.35. The SMILES string of the molecule is Cc1cccc(N=C2S/C(=C\c3cc(C(C)(C)C)c(O)c(C(C)(C)C)c3)C(=O)N2c2cccc(C)c2)c1. The lowest BCUT2D eigenvalue weighted by molar-refractivity contribution is -0.113. The summed E-state index contributed by atoms with van der Waals surface area (Å²) in [5, 5.41) is 11.7. The van der Waals surface area contributed by atoms with Gasteiger partial charge in [0.15, 0.2) is 5.17 Å². The summed E-state index contributed by atoms with van der Waals surface area (Å²) >= 11 is 1.38. The third kappa shape index (κ3) is 5.83. The van der Waals surface area contributed by atoms with Crippen molar-refractivity contribution in [3.05, 3.63) is 93.4 Å². The molecule has 0 atom stereocenters. The van der Waals surface area contributed by atoms with Crippen molar-refractivity contribution in [2.75, 3.05) is 4.90 Å². The third-order valence-corrected chi connectivity index (χ3v) is 7.31. The molecule has 1 N–H and O–H groups in total. The van der Waals surface area contributed by atoms with Crippen molar-refractivity contribution in [2.45, 2.75) is 66.2 Å². The van der Waals surface area contributed by atoms with Gasteiger partial charge in [0.2, 0.25) is 0 Å². The third-order valence-electron chi connectivity index (χ3n) is 6.34. The zero-order valence-electron chi connectivity index (χ0n) is 23.0. The number of anilines is 1. The van der Waals surface area contributed by atoms with Crippen molar-refractivity contribution in [1.29, 1.82) is 0 Å². The van der Waals surface area contributed by atoms with E-state index in [1.165, 1.54) is 11.8 Å². The number of rotatable bonds is 3. The molecule has 3 aromatic carbocycles. The molecule has 1 saturated heterocycles. The smallest absolute Gasteiger partial charge is 0.271 e. The minimum absolute atomic E-state index is 0.107. The van der Waals surface area contributed by atoms with Gasteiger partial charge in [0, 0.05) is 11.1 Å². The van der Waals surface area contributed by atoms with Crippen LogP contribution in [0.2, 0.25) is 0 Å². The molecule has 1 fully saturated rings. The van der Waals surface area contributed by atoms with Gasteiger partial charge in [-0.3, -0.25) is 9.69 Å². The Balaban J connectivity index is 1.87. The van der Waals surface area contributed by atoms with Gasteiger partial charge in [-0.1, -0.05) is 65.8 Å². The van der Waals surface area contributed by atoms with Crippen LogP contribution in [-0.2, 0) is 15.6 Å². The quantitative estimate of drug-likeness (QED) is 0.358. The van der Waals surface area contributed by atoms with Crippen LogP contribution in [0, 0.1) is 13.8 Å². The minimum atomic E-state index is -0.253. The van der Waals surface area contributed by atoms with E-state index < -0.39 is 0 Å². The summed E-state index contributed by atoms with van der Waals surface area (Å²) < 4.78 is 0. The monoisotopic (exact) mass is 512 g/mol. The number of aliphatic imine (C=N–C) groups is 1. The number of phenols is 1. The molecule has 0 saturated carbocycles. The number of phenolic OH excluding ortho intramolecular Hbond substituents is 1. The van der Waals surface area contributed by atoms with Crippen LogP contribution in [0.3, 0.4) is 0 Å². The second kappa shape index (κ2) is 9.86. The molecule has 5 heteroatoms. The highest BCUT2D eigenvalue weighted by Crippen LogP contribution is 2.42. The summed E-state index contributed by atoms with van der Waals surface area (Å²) in [6.07, 6.45) is 1.93. The average Bonchev–Trinajstić information content (AvgIpc) is 3.07. The molecule has 0 radical (unpaired) electrons. The molecular formula is C32H36N2O2S. The van der Waals surface area contributed by atoms with E-state index in [1.54, 1.807) is 4.90 Å². The zero-order valence-corrected chi connectivity index (χ0v) is 23.8. The Morgan fingerprint density at radius 2 is 1.41 bits per heavy atom. The van der Waals surface area contributed by atoms with Crippen molar-refractivity contribution < 1.29 is 9.90 Å². The van der Waals surface area contributed by atoms with Gasteiger partial charge < -0.3 is 5.11 Å². The van der Waals surface area contributed by atoms with Gasteiger partial charge in [-0.25, -0.2) is 4.99 Å². The van der Waals surface area contributed by atoms with Gasteiger partial charge in [-0.2, -0.15) is 0 Å². The molecule has 0 aromatic heterocycles. The van der Waals surface area contributed by atoms with Gasteiger partial charge in [0.25, 0.3) is 5.91 Å². The van der Waals surface area contributed by atoms with Crippen LogP contribution in [0.4, 0.5) is 11.4 Å². The lowest BCUT2D eigenvalue weighted by Crippen LogP contribution is -2.28. The van der Waals surface area contributed by atoms with E-state index in [4.69, 9.17) is 4.99 Å². The number of carbonyl (C=O) groups excluding carboxylic acids is 1.